The number of aromatic amines is 1. The fourth-order valence-corrected chi connectivity index (χ4v) is 3.30. The van der Waals surface area contributed by atoms with Gasteiger partial charge in [0.1, 0.15) is 0 Å². The number of aromatic nitrogens is 3. The summed E-state index contributed by atoms with van der Waals surface area (Å²) in [5.74, 6) is 1.65. The Hall–Kier alpha value is -2.59. The normalized spacial score (nSPS) is 11.3. The first kappa shape index (κ1) is 22.1. The van der Waals surface area contributed by atoms with Gasteiger partial charge < -0.3 is 20.1 Å². The lowest BCUT2D eigenvalue weighted by atomic mass is 10.1. The average Bonchev–Trinajstić information content (AvgIpc) is 3.38. The molecule has 7 nitrogen and oxygen atoms in total. The highest BCUT2D eigenvalue weighted by Gasteiger charge is 2.10. The number of rotatable bonds is 6. The van der Waals surface area contributed by atoms with E-state index in [1.54, 1.807) is 19.2 Å². The largest absolute Gasteiger partial charge is 0.361 e. The van der Waals surface area contributed by atoms with Gasteiger partial charge in [-0.2, -0.15) is 4.98 Å². The van der Waals surface area contributed by atoms with Gasteiger partial charge in [-0.25, -0.2) is 0 Å². The molecular formula is C21H22ClIN6O. The van der Waals surface area contributed by atoms with Crippen LogP contribution in [0.3, 0.4) is 0 Å². The van der Waals surface area contributed by atoms with Gasteiger partial charge in [0.15, 0.2) is 5.96 Å². The van der Waals surface area contributed by atoms with Gasteiger partial charge in [-0.1, -0.05) is 47.1 Å². The number of fused-ring (bicyclic) bond motifs is 1. The number of nitrogens with zero attached hydrogens (tertiary/aromatic N) is 3. The minimum Gasteiger partial charge on any atom is -0.361 e. The van der Waals surface area contributed by atoms with Gasteiger partial charge >= 0.3 is 0 Å². The smallest absolute Gasteiger partial charge is 0.246 e. The summed E-state index contributed by atoms with van der Waals surface area (Å²) >= 11 is 6.02. The summed E-state index contributed by atoms with van der Waals surface area (Å²) in [4.78, 5) is 11.9. The molecule has 0 saturated carbocycles. The van der Waals surface area contributed by atoms with Crippen molar-refractivity contribution in [2.24, 2.45) is 4.99 Å². The average molecular weight is 537 g/mol. The number of para-hydroxylation sites is 1. The van der Waals surface area contributed by atoms with E-state index in [0.717, 1.165) is 24.0 Å². The van der Waals surface area contributed by atoms with Gasteiger partial charge in [-0.15, -0.1) is 24.0 Å². The molecule has 30 heavy (non-hydrogen) atoms. The van der Waals surface area contributed by atoms with Crippen LogP contribution in [0.15, 0.2) is 64.2 Å². The number of halogens is 2. The van der Waals surface area contributed by atoms with Gasteiger partial charge in [-0.3, -0.25) is 4.99 Å². The number of H-pyrrole nitrogens is 1. The van der Waals surface area contributed by atoms with Gasteiger partial charge in [0, 0.05) is 41.3 Å². The van der Waals surface area contributed by atoms with Gasteiger partial charge in [0.05, 0.1) is 6.54 Å². The van der Waals surface area contributed by atoms with Crippen LogP contribution in [0.5, 0.6) is 0 Å². The number of hydrogen-bond acceptors (Lipinski definition) is 4. The monoisotopic (exact) mass is 536 g/mol. The molecule has 0 unspecified atom stereocenters. The van der Waals surface area contributed by atoms with E-state index < -0.39 is 0 Å². The summed E-state index contributed by atoms with van der Waals surface area (Å²) in [7, 11) is 1.73. The molecule has 0 spiro atoms. The molecule has 0 aliphatic rings. The Morgan fingerprint density at radius 2 is 2.03 bits per heavy atom. The minimum absolute atomic E-state index is 0. The topological polar surface area (TPSA) is 91.1 Å². The molecule has 0 fully saturated rings. The van der Waals surface area contributed by atoms with Crippen LogP contribution in [0.4, 0.5) is 0 Å². The van der Waals surface area contributed by atoms with Crippen molar-refractivity contribution in [1.29, 1.82) is 0 Å². The highest BCUT2D eigenvalue weighted by Crippen LogP contribution is 2.20. The number of aliphatic imine (C=N–C) groups is 1. The Balaban J connectivity index is 0.00000256. The molecule has 4 aromatic rings. The maximum absolute atomic E-state index is 6.02. The summed E-state index contributed by atoms with van der Waals surface area (Å²) in [6.45, 7) is 1.12. The summed E-state index contributed by atoms with van der Waals surface area (Å²) in [6.07, 6.45) is 2.93. The van der Waals surface area contributed by atoms with Crippen LogP contribution < -0.4 is 10.6 Å². The van der Waals surface area contributed by atoms with Gasteiger partial charge in [-0.05, 0) is 30.2 Å². The van der Waals surface area contributed by atoms with Crippen molar-refractivity contribution in [1.82, 2.24) is 25.8 Å². The fourth-order valence-electron chi connectivity index (χ4n) is 3.11. The second kappa shape index (κ2) is 10.4. The van der Waals surface area contributed by atoms with E-state index in [4.69, 9.17) is 16.1 Å². The Morgan fingerprint density at radius 1 is 1.17 bits per heavy atom. The van der Waals surface area contributed by atoms with Crippen LogP contribution in [-0.4, -0.2) is 34.7 Å². The van der Waals surface area contributed by atoms with Crippen molar-refractivity contribution in [3.05, 3.63) is 71.2 Å². The van der Waals surface area contributed by atoms with Gasteiger partial charge in [0.25, 0.3) is 0 Å². The lowest BCUT2D eigenvalue weighted by Gasteiger charge is -2.10. The second-order valence-corrected chi connectivity index (χ2v) is 6.92. The van der Waals surface area contributed by atoms with Crippen molar-refractivity contribution in [3.63, 3.8) is 0 Å². The van der Waals surface area contributed by atoms with Crippen LogP contribution in [0.25, 0.3) is 22.3 Å². The zero-order valence-electron chi connectivity index (χ0n) is 16.4. The molecule has 0 aliphatic heterocycles. The molecule has 9 heteroatoms. The van der Waals surface area contributed by atoms with E-state index in [-0.39, 0.29) is 24.0 Å². The van der Waals surface area contributed by atoms with E-state index in [0.29, 0.717) is 29.2 Å². The third-order valence-electron chi connectivity index (χ3n) is 4.54. The summed E-state index contributed by atoms with van der Waals surface area (Å²) < 4.78 is 5.31. The summed E-state index contributed by atoms with van der Waals surface area (Å²) in [5.41, 5.74) is 3.23. The molecular weight excluding hydrogens is 515 g/mol. The lowest BCUT2D eigenvalue weighted by Crippen LogP contribution is -2.37. The standard InChI is InChI=1S/C21H21ClN6O.HI/c1-23-21(24-10-9-15-12-25-18-8-3-2-7-17(15)18)26-13-19-27-20(28-29-19)14-5-4-6-16(22)11-14;/h2-8,11-12,25H,9-10,13H2,1H3,(H2,23,24,26);1H. The first-order valence-corrected chi connectivity index (χ1v) is 9.69. The number of hydrogen-bond donors (Lipinski definition) is 3. The van der Waals surface area contributed by atoms with Crippen molar-refractivity contribution < 1.29 is 4.52 Å². The quantitative estimate of drug-likeness (QED) is 0.193. The Bertz CT molecular complexity index is 1140. The maximum atomic E-state index is 6.02. The molecule has 2 aromatic carbocycles. The van der Waals surface area contributed by atoms with Crippen LogP contribution in [0.1, 0.15) is 11.5 Å². The molecule has 0 radical (unpaired) electrons. The SMILES string of the molecule is CN=C(NCCc1c[nH]c2ccccc12)NCc1nc(-c2cccc(Cl)c2)no1.I. The van der Waals surface area contributed by atoms with Crippen molar-refractivity contribution in [2.45, 2.75) is 13.0 Å². The Morgan fingerprint density at radius 3 is 2.87 bits per heavy atom. The Kier molecular flexibility index (Phi) is 7.69. The summed E-state index contributed by atoms with van der Waals surface area (Å²) in [5, 5.41) is 12.4. The zero-order chi connectivity index (χ0) is 20.1. The van der Waals surface area contributed by atoms with Crippen molar-refractivity contribution in [2.75, 3.05) is 13.6 Å². The molecule has 0 bridgehead atoms. The minimum atomic E-state index is 0. The van der Waals surface area contributed by atoms with E-state index in [1.807, 2.05) is 18.2 Å². The van der Waals surface area contributed by atoms with Gasteiger partial charge in [0.2, 0.25) is 11.7 Å². The maximum Gasteiger partial charge on any atom is 0.246 e. The lowest BCUT2D eigenvalue weighted by molar-refractivity contribution is 0.375. The molecule has 0 saturated heterocycles. The van der Waals surface area contributed by atoms with E-state index in [1.165, 1.54) is 10.9 Å². The van der Waals surface area contributed by atoms with Crippen LogP contribution >= 0.6 is 35.6 Å². The van der Waals surface area contributed by atoms with E-state index in [9.17, 15) is 0 Å². The molecule has 0 amide bonds. The summed E-state index contributed by atoms with van der Waals surface area (Å²) in [6, 6.07) is 15.6. The predicted octanol–water partition coefficient (Wildman–Crippen LogP) is 4.40. The van der Waals surface area contributed by atoms with E-state index >= 15 is 0 Å². The van der Waals surface area contributed by atoms with Crippen LogP contribution in [0.2, 0.25) is 5.02 Å². The van der Waals surface area contributed by atoms with Crippen LogP contribution in [0, 0.1) is 0 Å². The third-order valence-corrected chi connectivity index (χ3v) is 4.78. The first-order valence-electron chi connectivity index (χ1n) is 9.31. The molecule has 3 N–H and O–H groups in total. The second-order valence-electron chi connectivity index (χ2n) is 6.48. The third kappa shape index (κ3) is 5.31. The first-order chi connectivity index (χ1) is 14.2. The zero-order valence-corrected chi connectivity index (χ0v) is 19.4. The number of benzene rings is 2. The molecule has 156 valence electrons. The molecule has 0 aliphatic carbocycles. The van der Waals surface area contributed by atoms with Crippen molar-refractivity contribution >= 4 is 52.4 Å². The predicted molar refractivity (Wildman–Crippen MR) is 130 cm³/mol. The molecule has 2 heterocycles. The molecule has 4 rings (SSSR count). The number of nitrogens with one attached hydrogen (secondary N) is 3. The van der Waals surface area contributed by atoms with Crippen LogP contribution in [-0.2, 0) is 13.0 Å². The highest BCUT2D eigenvalue weighted by atomic mass is 127. The fraction of sp³-hybridized carbons (Fsp3) is 0.190. The molecule has 0 atom stereocenters. The number of guanidine groups is 1. The van der Waals surface area contributed by atoms with Crippen molar-refractivity contribution in [3.8, 4) is 11.4 Å². The highest BCUT2D eigenvalue weighted by molar-refractivity contribution is 14.0. The molecule has 2 aromatic heterocycles. The van der Waals surface area contributed by atoms with E-state index in [2.05, 4.69) is 55.1 Å². The Labute approximate surface area is 196 Å².